The van der Waals surface area contributed by atoms with Crippen molar-refractivity contribution in [2.45, 2.75) is 26.6 Å². The number of hydrogen-bond donors (Lipinski definition) is 2. The number of nitrogens with zero attached hydrogens (tertiary/aromatic N) is 5. The molecule has 0 unspecified atom stereocenters. The second-order valence-corrected chi connectivity index (χ2v) is 8.25. The smallest absolute Gasteiger partial charge is 0.417 e. The molecule has 2 aromatic heterocycles. The van der Waals surface area contributed by atoms with Crippen LogP contribution in [0.3, 0.4) is 0 Å². The van der Waals surface area contributed by atoms with Crippen LogP contribution < -0.4 is 20.4 Å². The van der Waals surface area contributed by atoms with Gasteiger partial charge in [-0.2, -0.15) is 13.2 Å². The first kappa shape index (κ1) is 26.3. The topological polar surface area (TPSA) is 132 Å². The van der Waals surface area contributed by atoms with Crippen molar-refractivity contribution in [2.24, 2.45) is 4.99 Å². The minimum atomic E-state index is -4.81. The summed E-state index contributed by atoms with van der Waals surface area (Å²) >= 11 is 0. The van der Waals surface area contributed by atoms with Crippen molar-refractivity contribution < 1.29 is 32.3 Å². The third kappa shape index (κ3) is 5.94. The number of hydrogen-bond acceptors (Lipinski definition) is 7. The fraction of sp³-hybridized carbons (Fsp3) is 0.200. The predicted molar refractivity (Wildman–Crippen MR) is 129 cm³/mol. The lowest BCUT2D eigenvalue weighted by molar-refractivity contribution is -0.754. The Labute approximate surface area is 214 Å². The molecule has 13 heteroatoms. The molecule has 2 N–H and O–H groups in total. The van der Waals surface area contributed by atoms with Crippen LogP contribution in [0.25, 0.3) is 11.1 Å². The maximum absolute atomic E-state index is 13.4. The van der Waals surface area contributed by atoms with Crippen LogP contribution in [0.5, 0.6) is 0 Å². The number of aryl methyl sites for hydroxylation is 2. The first-order valence-electron chi connectivity index (χ1n) is 11.2. The minimum Gasteiger partial charge on any atom is -0.858 e. The molecule has 0 radical (unpaired) electrons. The number of rotatable bonds is 6. The largest absolute Gasteiger partial charge is 0.858 e. The quantitative estimate of drug-likeness (QED) is 0.225. The number of carbonyl (C=O) groups excluding carboxylic acids is 1. The summed E-state index contributed by atoms with van der Waals surface area (Å²) in [6, 6.07) is 9.65. The van der Waals surface area contributed by atoms with E-state index in [1.165, 1.54) is 23.3 Å². The number of carbonyl (C=O) groups is 1. The molecule has 4 rings (SSSR count). The van der Waals surface area contributed by atoms with E-state index >= 15 is 0 Å². The number of urea groups is 1. The van der Waals surface area contributed by atoms with E-state index in [4.69, 9.17) is 4.52 Å². The van der Waals surface area contributed by atoms with Crippen molar-refractivity contribution in [3.63, 3.8) is 0 Å². The molecule has 0 bridgehead atoms. The molecule has 0 fully saturated rings. The standard InChI is InChI=1S/C25H22F3N7O3/c1-14-22(15(2)31-13-30-14)17-6-4-16(5-7-17)11-35-12-21(38-34-35)33-24(37)32-18-8-9-19(23(36)29-3)20(10-18)25(26,27)28/h4-10,12-13H,11H2,1-3H3,(H2-,29,32,33,34,36,37). The summed E-state index contributed by atoms with van der Waals surface area (Å²) in [6.07, 6.45) is -1.86. The molecule has 4 aromatic rings. The highest BCUT2D eigenvalue weighted by Crippen LogP contribution is 2.34. The van der Waals surface area contributed by atoms with Gasteiger partial charge in [-0.05, 0) is 47.7 Å². The van der Waals surface area contributed by atoms with E-state index < -0.39 is 29.2 Å². The molecule has 0 aliphatic carbocycles. The summed E-state index contributed by atoms with van der Waals surface area (Å²) in [4.78, 5) is 24.1. The highest BCUT2D eigenvalue weighted by Gasteiger charge is 2.34. The van der Waals surface area contributed by atoms with Gasteiger partial charge in [-0.3, -0.25) is 9.84 Å². The Morgan fingerprint density at radius 1 is 1.08 bits per heavy atom. The van der Waals surface area contributed by atoms with E-state index in [2.05, 4.69) is 30.9 Å². The van der Waals surface area contributed by atoms with Gasteiger partial charge in [-0.15, -0.1) is 0 Å². The van der Waals surface area contributed by atoms with Crippen LogP contribution in [0.4, 0.5) is 29.5 Å². The zero-order valence-electron chi connectivity index (χ0n) is 20.5. The maximum atomic E-state index is 13.4. The molecule has 0 aliphatic rings. The van der Waals surface area contributed by atoms with Crippen molar-refractivity contribution in [3.8, 4) is 11.1 Å². The number of alkyl halides is 3. The molecule has 38 heavy (non-hydrogen) atoms. The zero-order valence-corrected chi connectivity index (χ0v) is 20.5. The average Bonchev–Trinajstić information content (AvgIpc) is 3.30. The normalized spacial score (nSPS) is 11.9. The molecular formula is C25H22F3N7O3. The van der Waals surface area contributed by atoms with Crippen LogP contribution in [0, 0.1) is 13.8 Å². The fourth-order valence-corrected chi connectivity index (χ4v) is 3.82. The van der Waals surface area contributed by atoms with Gasteiger partial charge < -0.3 is 15.4 Å². The van der Waals surface area contributed by atoms with Crippen molar-refractivity contribution in [2.75, 3.05) is 17.7 Å². The molecule has 2 aromatic carbocycles. The van der Waals surface area contributed by atoms with Crippen molar-refractivity contribution in [1.29, 1.82) is 0 Å². The summed E-state index contributed by atoms with van der Waals surface area (Å²) in [7, 11) is 1.10. The van der Waals surface area contributed by atoms with E-state index in [0.29, 0.717) is 12.6 Å². The Bertz CT molecular complexity index is 1480. The second kappa shape index (κ2) is 10.7. The van der Waals surface area contributed by atoms with Crippen LogP contribution in [-0.2, 0) is 12.7 Å². The molecule has 0 spiro atoms. The molecule has 0 atom stereocenters. The number of anilines is 2. The molecule has 2 heterocycles. The highest BCUT2D eigenvalue weighted by atomic mass is 19.4. The molecule has 0 saturated carbocycles. The molecule has 0 saturated heterocycles. The summed E-state index contributed by atoms with van der Waals surface area (Å²) in [5.41, 5.74) is 2.60. The molecule has 196 valence electrons. The Balaban J connectivity index is 1.41. The number of nitrogens with one attached hydrogen (secondary N) is 2. The Morgan fingerprint density at radius 2 is 1.76 bits per heavy atom. The minimum absolute atomic E-state index is 0.0283. The summed E-state index contributed by atoms with van der Waals surface area (Å²) in [5, 5.41) is 20.2. The summed E-state index contributed by atoms with van der Waals surface area (Å²) in [6.45, 7) is 4.17. The third-order valence-corrected chi connectivity index (χ3v) is 5.58. The highest BCUT2D eigenvalue weighted by molar-refractivity contribution is 5.99. The van der Waals surface area contributed by atoms with E-state index in [1.807, 2.05) is 38.1 Å². The fourth-order valence-electron chi connectivity index (χ4n) is 3.82. The number of aromatic nitrogens is 4. The van der Waals surface area contributed by atoms with Crippen LogP contribution in [-0.4, -0.2) is 34.2 Å². The SMILES string of the molecule is CN=C([O-])c1ccc(NC(=O)Nc2c[n+](Cc3ccc(-c4c(C)ncnc4C)cc3)no2)cc1C(F)(F)F. The number of halogens is 3. The van der Waals surface area contributed by atoms with Crippen LogP contribution in [0.2, 0.25) is 0 Å². The van der Waals surface area contributed by atoms with Gasteiger partial charge in [-0.25, -0.2) is 14.8 Å². The van der Waals surface area contributed by atoms with Crippen molar-refractivity contribution >= 4 is 23.5 Å². The monoisotopic (exact) mass is 525 g/mol. The molecule has 2 amide bonds. The van der Waals surface area contributed by atoms with Crippen LogP contribution in [0.1, 0.15) is 28.1 Å². The Hall–Kier alpha value is -4.81. The van der Waals surface area contributed by atoms with Crippen LogP contribution >= 0.6 is 0 Å². The Morgan fingerprint density at radius 3 is 2.39 bits per heavy atom. The zero-order chi connectivity index (χ0) is 27.4. The van der Waals surface area contributed by atoms with Gasteiger partial charge >= 0.3 is 18.1 Å². The van der Waals surface area contributed by atoms with Crippen LogP contribution in [0.15, 0.2) is 64.5 Å². The van der Waals surface area contributed by atoms with Gasteiger partial charge in [0.15, 0.2) is 0 Å². The van der Waals surface area contributed by atoms with Gasteiger partial charge in [0, 0.05) is 35.2 Å². The summed E-state index contributed by atoms with van der Waals surface area (Å²) < 4.78 is 46.7. The molecule has 0 aliphatic heterocycles. The van der Waals surface area contributed by atoms with E-state index in [9.17, 15) is 23.1 Å². The van der Waals surface area contributed by atoms with Crippen molar-refractivity contribution in [3.05, 3.63) is 83.1 Å². The average molecular weight is 525 g/mol. The first-order valence-corrected chi connectivity index (χ1v) is 11.2. The molecule has 10 nitrogen and oxygen atoms in total. The summed E-state index contributed by atoms with van der Waals surface area (Å²) in [5.74, 6) is -1.05. The molecular weight excluding hydrogens is 503 g/mol. The maximum Gasteiger partial charge on any atom is 0.417 e. The predicted octanol–water partition coefficient (Wildman–Crippen LogP) is 3.48. The Kier molecular flexibility index (Phi) is 7.37. The van der Waals surface area contributed by atoms with Gasteiger partial charge in [0.1, 0.15) is 6.33 Å². The van der Waals surface area contributed by atoms with E-state index in [-0.39, 0.29) is 11.6 Å². The number of aliphatic imine (C=N–C) groups is 1. The van der Waals surface area contributed by atoms with Gasteiger partial charge in [0.05, 0.1) is 5.56 Å². The lowest BCUT2D eigenvalue weighted by Crippen LogP contribution is -2.35. The van der Waals surface area contributed by atoms with Gasteiger partial charge in [-0.1, -0.05) is 30.3 Å². The second-order valence-electron chi connectivity index (χ2n) is 8.25. The lowest BCUT2D eigenvalue weighted by Gasteiger charge is -2.18. The lowest BCUT2D eigenvalue weighted by atomic mass is 10.0. The third-order valence-electron chi connectivity index (χ3n) is 5.58. The van der Waals surface area contributed by atoms with E-state index in [1.54, 1.807) is 0 Å². The van der Waals surface area contributed by atoms with Gasteiger partial charge in [0.2, 0.25) is 11.8 Å². The van der Waals surface area contributed by atoms with Crippen molar-refractivity contribution in [1.82, 2.24) is 15.2 Å². The number of benzene rings is 2. The van der Waals surface area contributed by atoms with E-state index in [0.717, 1.165) is 41.2 Å². The van der Waals surface area contributed by atoms with Gasteiger partial charge in [0.25, 0.3) is 6.20 Å². The first-order chi connectivity index (χ1) is 18.0. The number of amides is 2.